The van der Waals surface area contributed by atoms with Crippen LogP contribution in [0.2, 0.25) is 0 Å². The number of carbonyl (C=O) groups excluding carboxylic acids is 2. The Kier molecular flexibility index (Phi) is 7.18. The summed E-state index contributed by atoms with van der Waals surface area (Å²) in [5, 5.41) is 6.10. The van der Waals surface area contributed by atoms with E-state index in [9.17, 15) is 14.0 Å². The molecule has 1 amide bonds. The van der Waals surface area contributed by atoms with Crippen molar-refractivity contribution in [3.8, 4) is 0 Å². The minimum atomic E-state index is -0.480. The number of halogens is 1. The molecule has 0 aromatic heterocycles. The van der Waals surface area contributed by atoms with Crippen LogP contribution in [0.25, 0.3) is 0 Å². The van der Waals surface area contributed by atoms with Crippen molar-refractivity contribution in [2.45, 2.75) is 39.2 Å². The number of esters is 1. The van der Waals surface area contributed by atoms with Crippen molar-refractivity contribution >= 4 is 17.6 Å². The van der Waals surface area contributed by atoms with Gasteiger partial charge in [0.15, 0.2) is 0 Å². The number of hydrogen-bond donors (Lipinski definition) is 0. The Hall–Kier alpha value is -3.06. The summed E-state index contributed by atoms with van der Waals surface area (Å²) in [4.78, 5) is 27.3. The van der Waals surface area contributed by atoms with Crippen molar-refractivity contribution in [2.75, 3.05) is 26.2 Å². The minimum absolute atomic E-state index is 0.111. The Bertz CT molecular complexity index is 1030. The summed E-state index contributed by atoms with van der Waals surface area (Å²) in [6.45, 7) is 5.67. The second-order valence-electron chi connectivity index (χ2n) is 8.69. The molecule has 0 unspecified atom stereocenters. The van der Waals surface area contributed by atoms with Gasteiger partial charge in [0.05, 0.1) is 30.8 Å². The summed E-state index contributed by atoms with van der Waals surface area (Å²) in [5.41, 5.74) is 3.32. The molecule has 4 rings (SSSR count). The lowest BCUT2D eigenvalue weighted by Gasteiger charge is -2.32. The van der Waals surface area contributed by atoms with Crippen LogP contribution in [0.15, 0.2) is 53.6 Å². The van der Waals surface area contributed by atoms with E-state index in [1.54, 1.807) is 25.1 Å². The fraction of sp³-hybridized carbons (Fsp3) is 0.423. The molecule has 0 spiro atoms. The first kappa shape index (κ1) is 23.1. The SMILES string of the molecule is CCOC(=O)C1CCN(CC(=O)N2N=C(c3ccc(C)cc3)C[C@@H]2c2ccccc2F)CC1. The number of aryl methyl sites for hydroxylation is 1. The molecule has 1 atom stereocenters. The monoisotopic (exact) mass is 451 g/mol. The third-order valence-corrected chi connectivity index (χ3v) is 6.38. The van der Waals surface area contributed by atoms with E-state index in [1.807, 2.05) is 36.1 Å². The summed E-state index contributed by atoms with van der Waals surface area (Å²) in [7, 11) is 0. The molecule has 1 saturated heterocycles. The molecular weight excluding hydrogens is 421 g/mol. The minimum Gasteiger partial charge on any atom is -0.466 e. The number of rotatable bonds is 6. The molecule has 2 aliphatic rings. The molecule has 0 saturated carbocycles. The zero-order valence-corrected chi connectivity index (χ0v) is 19.2. The Morgan fingerprint density at radius 3 is 2.45 bits per heavy atom. The maximum absolute atomic E-state index is 14.7. The van der Waals surface area contributed by atoms with Crippen LogP contribution in [0.1, 0.15) is 48.9 Å². The third-order valence-electron chi connectivity index (χ3n) is 6.38. The van der Waals surface area contributed by atoms with E-state index in [-0.39, 0.29) is 30.2 Å². The number of hydrazone groups is 1. The van der Waals surface area contributed by atoms with Crippen LogP contribution < -0.4 is 0 Å². The molecule has 2 heterocycles. The van der Waals surface area contributed by atoms with Gasteiger partial charge >= 0.3 is 5.97 Å². The van der Waals surface area contributed by atoms with E-state index in [1.165, 1.54) is 11.1 Å². The van der Waals surface area contributed by atoms with Gasteiger partial charge in [-0.25, -0.2) is 9.40 Å². The number of nitrogens with zero attached hydrogens (tertiary/aromatic N) is 3. The number of ether oxygens (including phenoxy) is 1. The van der Waals surface area contributed by atoms with E-state index in [0.717, 1.165) is 16.8 Å². The summed E-state index contributed by atoms with van der Waals surface area (Å²) >= 11 is 0. The van der Waals surface area contributed by atoms with Crippen LogP contribution in [-0.4, -0.2) is 53.7 Å². The average molecular weight is 452 g/mol. The third kappa shape index (κ3) is 5.30. The average Bonchev–Trinajstić information content (AvgIpc) is 3.26. The van der Waals surface area contributed by atoms with Gasteiger partial charge in [0.1, 0.15) is 5.82 Å². The van der Waals surface area contributed by atoms with Gasteiger partial charge < -0.3 is 4.74 Å². The van der Waals surface area contributed by atoms with Gasteiger partial charge in [0.2, 0.25) is 0 Å². The number of amides is 1. The first-order valence-corrected chi connectivity index (χ1v) is 11.6. The number of benzene rings is 2. The second kappa shape index (κ2) is 10.3. The molecule has 33 heavy (non-hydrogen) atoms. The first-order valence-electron chi connectivity index (χ1n) is 11.6. The molecular formula is C26H30FN3O3. The van der Waals surface area contributed by atoms with E-state index >= 15 is 0 Å². The number of piperidine rings is 1. The normalized spacial score (nSPS) is 19.4. The van der Waals surface area contributed by atoms with Crippen molar-refractivity contribution in [3.05, 3.63) is 71.0 Å². The highest BCUT2D eigenvalue weighted by atomic mass is 19.1. The van der Waals surface area contributed by atoms with E-state index in [4.69, 9.17) is 4.74 Å². The van der Waals surface area contributed by atoms with Crippen molar-refractivity contribution in [1.82, 2.24) is 9.91 Å². The summed E-state index contributed by atoms with van der Waals surface area (Å²) in [6.07, 6.45) is 1.79. The van der Waals surface area contributed by atoms with E-state index < -0.39 is 6.04 Å². The zero-order valence-electron chi connectivity index (χ0n) is 19.2. The molecule has 0 aliphatic carbocycles. The highest BCUT2D eigenvalue weighted by Crippen LogP contribution is 2.34. The maximum atomic E-state index is 14.7. The Labute approximate surface area is 194 Å². The molecule has 1 fully saturated rings. The van der Waals surface area contributed by atoms with Gasteiger partial charge in [-0.3, -0.25) is 14.5 Å². The predicted molar refractivity (Wildman–Crippen MR) is 124 cm³/mol. The van der Waals surface area contributed by atoms with E-state index in [0.29, 0.717) is 44.5 Å². The van der Waals surface area contributed by atoms with Gasteiger partial charge in [0.25, 0.3) is 5.91 Å². The molecule has 6 nitrogen and oxygen atoms in total. The fourth-order valence-electron chi connectivity index (χ4n) is 4.50. The second-order valence-corrected chi connectivity index (χ2v) is 8.69. The molecule has 2 aromatic carbocycles. The highest BCUT2D eigenvalue weighted by molar-refractivity contribution is 6.03. The quantitative estimate of drug-likeness (QED) is 0.621. The highest BCUT2D eigenvalue weighted by Gasteiger charge is 2.36. The maximum Gasteiger partial charge on any atom is 0.309 e. The van der Waals surface area contributed by atoms with Gasteiger partial charge in [-0.05, 0) is 51.4 Å². The largest absolute Gasteiger partial charge is 0.466 e. The molecule has 0 N–H and O–H groups in total. The summed E-state index contributed by atoms with van der Waals surface area (Å²) < 4.78 is 19.8. The van der Waals surface area contributed by atoms with Crippen LogP contribution in [0.3, 0.4) is 0 Å². The van der Waals surface area contributed by atoms with Gasteiger partial charge in [-0.15, -0.1) is 0 Å². The van der Waals surface area contributed by atoms with Crippen LogP contribution in [-0.2, 0) is 14.3 Å². The lowest BCUT2D eigenvalue weighted by molar-refractivity contribution is -0.149. The summed E-state index contributed by atoms with van der Waals surface area (Å²) in [5.74, 6) is -0.772. The van der Waals surface area contributed by atoms with Crippen LogP contribution in [0, 0.1) is 18.7 Å². The first-order chi connectivity index (χ1) is 16.0. The van der Waals surface area contributed by atoms with E-state index in [2.05, 4.69) is 5.10 Å². The topological polar surface area (TPSA) is 62.2 Å². The van der Waals surface area contributed by atoms with Crippen LogP contribution in [0.4, 0.5) is 4.39 Å². The zero-order chi connectivity index (χ0) is 23.4. The lowest BCUT2D eigenvalue weighted by Crippen LogP contribution is -2.43. The molecule has 174 valence electrons. The van der Waals surface area contributed by atoms with Gasteiger partial charge in [-0.1, -0.05) is 48.0 Å². The molecule has 2 aliphatic heterocycles. The molecule has 7 heteroatoms. The molecule has 0 bridgehead atoms. The smallest absolute Gasteiger partial charge is 0.309 e. The number of carbonyl (C=O) groups is 2. The van der Waals surface area contributed by atoms with Crippen LogP contribution in [0.5, 0.6) is 0 Å². The Morgan fingerprint density at radius 2 is 1.79 bits per heavy atom. The standard InChI is InChI=1S/C26H30FN3O3/c1-3-33-26(32)20-12-14-29(15-13-20)17-25(31)30-24(21-6-4-5-7-22(21)27)16-23(28-30)19-10-8-18(2)9-11-19/h4-11,20,24H,3,12-17H2,1-2H3/t24-/m1/s1. The molecule has 2 aromatic rings. The van der Waals surface area contributed by atoms with Crippen LogP contribution >= 0.6 is 0 Å². The molecule has 0 radical (unpaired) electrons. The van der Waals surface area contributed by atoms with Crippen molar-refractivity contribution < 1.29 is 18.7 Å². The van der Waals surface area contributed by atoms with Crippen molar-refractivity contribution in [1.29, 1.82) is 0 Å². The Balaban J connectivity index is 1.49. The Morgan fingerprint density at radius 1 is 1.09 bits per heavy atom. The van der Waals surface area contributed by atoms with Gasteiger partial charge in [0, 0.05) is 12.0 Å². The lowest BCUT2D eigenvalue weighted by atomic mass is 9.96. The predicted octanol–water partition coefficient (Wildman–Crippen LogP) is 4.09. The number of likely N-dealkylation sites (tertiary alicyclic amines) is 1. The summed E-state index contributed by atoms with van der Waals surface area (Å²) in [6, 6.07) is 14.1. The fourth-order valence-corrected chi connectivity index (χ4v) is 4.50. The number of hydrogen-bond acceptors (Lipinski definition) is 5. The van der Waals surface area contributed by atoms with Crippen molar-refractivity contribution in [3.63, 3.8) is 0 Å². The van der Waals surface area contributed by atoms with Crippen molar-refractivity contribution in [2.24, 2.45) is 11.0 Å². The van der Waals surface area contributed by atoms with Gasteiger partial charge in [-0.2, -0.15) is 5.10 Å².